The molecule has 0 bridgehead atoms. The summed E-state index contributed by atoms with van der Waals surface area (Å²) in [6, 6.07) is 7.06. The Hall–Kier alpha value is -1.57. The van der Waals surface area contributed by atoms with Crippen LogP contribution in [0.15, 0.2) is 30.3 Å². The Morgan fingerprint density at radius 2 is 1.92 bits per heavy atom. The Balaban J connectivity index is 2.48. The van der Waals surface area contributed by atoms with Gasteiger partial charge in [0.05, 0.1) is 19.8 Å². The normalized spacial score (nSPS) is 14.8. The molecule has 24 heavy (non-hydrogen) atoms. The first-order valence-corrected chi connectivity index (χ1v) is 9.01. The quantitative estimate of drug-likeness (QED) is 0.294. The first-order chi connectivity index (χ1) is 11.4. The monoisotopic (exact) mass is 359 g/mol. The molecule has 0 fully saturated rings. The number of benzene rings is 1. The molecule has 1 aromatic carbocycles. The third-order valence-electron chi connectivity index (χ3n) is 3.06. The number of carbonyl (C=O) groups is 2. The standard InChI is InChI=1S/C15H22NO7P/c1-2-3-9-22-24(20,21)23-11-13(15(18)19)16-10-14(17)12-7-5-4-6-8-12/h4-8,13,16H,2-3,9-11H2,1H3,(H,18,19)(H,20,21)/t13-/m0/s1. The fourth-order valence-electron chi connectivity index (χ4n) is 1.69. The van der Waals surface area contributed by atoms with E-state index in [1.807, 2.05) is 6.92 Å². The van der Waals surface area contributed by atoms with Crippen molar-refractivity contribution in [1.29, 1.82) is 0 Å². The number of hydrogen-bond donors (Lipinski definition) is 3. The molecule has 0 aromatic heterocycles. The molecule has 3 N–H and O–H groups in total. The van der Waals surface area contributed by atoms with Gasteiger partial charge in [0.1, 0.15) is 6.04 Å². The van der Waals surface area contributed by atoms with Crippen LogP contribution in [0, 0.1) is 0 Å². The van der Waals surface area contributed by atoms with Crippen LogP contribution in [0.2, 0.25) is 0 Å². The van der Waals surface area contributed by atoms with Crippen molar-refractivity contribution in [3.63, 3.8) is 0 Å². The lowest BCUT2D eigenvalue weighted by atomic mass is 10.1. The molecule has 0 saturated heterocycles. The Labute approximate surface area is 140 Å². The second-order valence-electron chi connectivity index (χ2n) is 5.01. The van der Waals surface area contributed by atoms with Gasteiger partial charge in [0.25, 0.3) is 0 Å². The van der Waals surface area contributed by atoms with Gasteiger partial charge in [-0.2, -0.15) is 0 Å². The highest BCUT2D eigenvalue weighted by Gasteiger charge is 2.26. The molecule has 0 aliphatic heterocycles. The van der Waals surface area contributed by atoms with Gasteiger partial charge < -0.3 is 10.00 Å². The third-order valence-corrected chi connectivity index (χ3v) is 4.04. The van der Waals surface area contributed by atoms with Gasteiger partial charge in [-0.25, -0.2) is 4.57 Å². The summed E-state index contributed by atoms with van der Waals surface area (Å²) < 4.78 is 21.0. The number of unbranched alkanes of at least 4 members (excludes halogenated alkanes) is 1. The molecule has 9 heteroatoms. The van der Waals surface area contributed by atoms with Crippen molar-refractivity contribution >= 4 is 19.6 Å². The molecule has 2 atom stereocenters. The number of rotatable bonds is 12. The van der Waals surface area contributed by atoms with Gasteiger partial charge in [0.2, 0.25) is 0 Å². The average molecular weight is 359 g/mol. The number of nitrogens with one attached hydrogen (secondary N) is 1. The van der Waals surface area contributed by atoms with Crippen molar-refractivity contribution in [2.75, 3.05) is 19.8 Å². The highest BCUT2D eigenvalue weighted by atomic mass is 31.2. The molecular formula is C15H22NO7P. The summed E-state index contributed by atoms with van der Waals surface area (Å²) >= 11 is 0. The zero-order valence-electron chi connectivity index (χ0n) is 13.4. The Kier molecular flexibility index (Phi) is 8.81. The molecule has 0 aliphatic rings. The second-order valence-corrected chi connectivity index (χ2v) is 6.47. The van der Waals surface area contributed by atoms with Gasteiger partial charge in [0, 0.05) is 5.56 Å². The summed E-state index contributed by atoms with van der Waals surface area (Å²) in [6.45, 7) is 1.09. The number of phosphoric ester groups is 1. The lowest BCUT2D eigenvalue weighted by molar-refractivity contribution is -0.140. The first-order valence-electron chi connectivity index (χ1n) is 7.52. The Morgan fingerprint density at radius 3 is 2.50 bits per heavy atom. The molecule has 0 aliphatic carbocycles. The van der Waals surface area contributed by atoms with Crippen LogP contribution in [-0.4, -0.2) is 47.6 Å². The SMILES string of the molecule is CCCCOP(=O)(O)OC[C@H](NCC(=O)c1ccccc1)C(=O)O. The van der Waals surface area contributed by atoms with Gasteiger partial charge in [-0.15, -0.1) is 0 Å². The molecule has 0 spiro atoms. The molecule has 8 nitrogen and oxygen atoms in total. The fraction of sp³-hybridized carbons (Fsp3) is 0.467. The Bertz CT molecular complexity index is 578. The van der Waals surface area contributed by atoms with Crippen LogP contribution in [0.4, 0.5) is 0 Å². The molecule has 1 rings (SSSR count). The number of phosphoric acid groups is 1. The van der Waals surface area contributed by atoms with E-state index < -0.39 is 26.4 Å². The maximum Gasteiger partial charge on any atom is 0.472 e. The van der Waals surface area contributed by atoms with Crippen LogP contribution < -0.4 is 5.32 Å². The van der Waals surface area contributed by atoms with E-state index in [0.29, 0.717) is 12.0 Å². The molecule has 0 amide bonds. The van der Waals surface area contributed by atoms with Crippen molar-refractivity contribution in [2.24, 2.45) is 0 Å². The number of carboxylic acids is 1. The zero-order valence-corrected chi connectivity index (χ0v) is 14.3. The summed E-state index contributed by atoms with van der Waals surface area (Å²) in [5, 5.41) is 11.6. The predicted molar refractivity (Wildman–Crippen MR) is 86.8 cm³/mol. The van der Waals surface area contributed by atoms with E-state index in [1.165, 1.54) is 0 Å². The number of hydrogen-bond acceptors (Lipinski definition) is 6. The smallest absolute Gasteiger partial charge is 0.472 e. The zero-order chi connectivity index (χ0) is 18.0. The highest BCUT2D eigenvalue weighted by molar-refractivity contribution is 7.47. The van der Waals surface area contributed by atoms with Gasteiger partial charge in [0.15, 0.2) is 5.78 Å². The average Bonchev–Trinajstić information content (AvgIpc) is 2.55. The highest BCUT2D eigenvalue weighted by Crippen LogP contribution is 2.43. The van der Waals surface area contributed by atoms with Gasteiger partial charge in [-0.3, -0.25) is 24.0 Å². The summed E-state index contributed by atoms with van der Waals surface area (Å²) in [4.78, 5) is 32.5. The van der Waals surface area contributed by atoms with E-state index in [1.54, 1.807) is 30.3 Å². The molecular weight excluding hydrogens is 337 g/mol. The van der Waals surface area contributed by atoms with Crippen molar-refractivity contribution in [3.05, 3.63) is 35.9 Å². The fourth-order valence-corrected chi connectivity index (χ4v) is 2.46. The van der Waals surface area contributed by atoms with Crippen molar-refractivity contribution < 1.29 is 33.2 Å². The Morgan fingerprint density at radius 1 is 1.25 bits per heavy atom. The molecule has 1 unspecified atom stereocenters. The minimum absolute atomic E-state index is 0.0436. The van der Waals surface area contributed by atoms with E-state index in [9.17, 15) is 19.0 Å². The van der Waals surface area contributed by atoms with Crippen LogP contribution in [0.25, 0.3) is 0 Å². The summed E-state index contributed by atoms with van der Waals surface area (Å²) in [6.07, 6.45) is 1.36. The largest absolute Gasteiger partial charge is 0.480 e. The van der Waals surface area contributed by atoms with Gasteiger partial charge >= 0.3 is 13.8 Å². The van der Waals surface area contributed by atoms with E-state index in [2.05, 4.69) is 9.84 Å². The topological polar surface area (TPSA) is 122 Å². The maximum atomic E-state index is 11.9. The van der Waals surface area contributed by atoms with E-state index in [0.717, 1.165) is 6.42 Å². The van der Waals surface area contributed by atoms with Crippen molar-refractivity contribution in [3.8, 4) is 0 Å². The van der Waals surface area contributed by atoms with Crippen LogP contribution in [-0.2, 0) is 18.4 Å². The number of Topliss-reactive ketones (excluding diaryl/α,β-unsaturated/α-hetero) is 1. The molecule has 0 saturated carbocycles. The summed E-state index contributed by atoms with van der Waals surface area (Å²) in [5.41, 5.74) is 0.436. The number of carbonyl (C=O) groups excluding carboxylic acids is 1. The lowest BCUT2D eigenvalue weighted by Crippen LogP contribution is -2.42. The molecule has 0 radical (unpaired) electrons. The number of aliphatic carboxylic acids is 1. The molecule has 0 heterocycles. The predicted octanol–water partition coefficient (Wildman–Crippen LogP) is 1.85. The van der Waals surface area contributed by atoms with Crippen LogP contribution in [0.3, 0.4) is 0 Å². The van der Waals surface area contributed by atoms with Crippen LogP contribution in [0.1, 0.15) is 30.1 Å². The minimum atomic E-state index is -4.31. The maximum absolute atomic E-state index is 11.9. The van der Waals surface area contributed by atoms with Crippen molar-refractivity contribution in [1.82, 2.24) is 5.32 Å². The number of ketones is 1. The second kappa shape index (κ2) is 10.3. The summed E-state index contributed by atoms with van der Waals surface area (Å²) in [5.74, 6) is -1.60. The van der Waals surface area contributed by atoms with Crippen LogP contribution in [0.5, 0.6) is 0 Å². The van der Waals surface area contributed by atoms with E-state index in [4.69, 9.17) is 9.63 Å². The third kappa shape index (κ3) is 7.81. The minimum Gasteiger partial charge on any atom is -0.480 e. The van der Waals surface area contributed by atoms with Crippen LogP contribution >= 0.6 is 7.82 Å². The number of carboxylic acid groups (broad SMARTS) is 1. The van der Waals surface area contributed by atoms with E-state index >= 15 is 0 Å². The van der Waals surface area contributed by atoms with Gasteiger partial charge in [-0.05, 0) is 6.42 Å². The van der Waals surface area contributed by atoms with Gasteiger partial charge in [-0.1, -0.05) is 43.7 Å². The lowest BCUT2D eigenvalue weighted by Gasteiger charge is -2.17. The molecule has 1 aromatic rings. The molecule has 134 valence electrons. The van der Waals surface area contributed by atoms with E-state index in [-0.39, 0.29) is 18.9 Å². The van der Waals surface area contributed by atoms with Crippen molar-refractivity contribution in [2.45, 2.75) is 25.8 Å². The first kappa shape index (κ1) is 20.5. The summed E-state index contributed by atoms with van der Waals surface area (Å²) in [7, 11) is -4.31.